The van der Waals surface area contributed by atoms with Gasteiger partial charge in [-0.1, -0.05) is 17.4 Å². The van der Waals surface area contributed by atoms with Gasteiger partial charge < -0.3 is 14.2 Å². The Morgan fingerprint density at radius 2 is 1.94 bits per heavy atom. The number of rotatable bonds is 7. The number of fused-ring (bicyclic) bond motifs is 1. The van der Waals surface area contributed by atoms with E-state index in [1.165, 1.54) is 37.2 Å². The van der Waals surface area contributed by atoms with Crippen molar-refractivity contribution in [1.29, 1.82) is 0 Å². The van der Waals surface area contributed by atoms with Crippen molar-refractivity contribution in [2.75, 3.05) is 58.5 Å². The number of aryl methyl sites for hydroxylation is 2. The van der Waals surface area contributed by atoms with E-state index in [0.717, 1.165) is 28.9 Å². The lowest BCUT2D eigenvalue weighted by atomic mass is 10.1. The zero-order valence-corrected chi connectivity index (χ0v) is 19.6. The molecule has 32 heavy (non-hydrogen) atoms. The van der Waals surface area contributed by atoms with E-state index < -0.39 is 0 Å². The molecule has 4 rings (SSSR count). The van der Waals surface area contributed by atoms with E-state index in [4.69, 9.17) is 19.2 Å². The number of morpholine rings is 1. The van der Waals surface area contributed by atoms with E-state index in [1.807, 2.05) is 0 Å². The van der Waals surface area contributed by atoms with E-state index in [-0.39, 0.29) is 23.5 Å². The van der Waals surface area contributed by atoms with Crippen LogP contribution in [-0.2, 0) is 4.74 Å². The zero-order valence-electron chi connectivity index (χ0n) is 18.8. The van der Waals surface area contributed by atoms with Crippen LogP contribution in [0, 0.1) is 13.8 Å². The van der Waals surface area contributed by atoms with Crippen molar-refractivity contribution in [3.63, 3.8) is 0 Å². The summed E-state index contributed by atoms with van der Waals surface area (Å²) >= 11 is 1.50. The first-order chi connectivity index (χ1) is 15.5. The molecular weight excluding hydrogens is 430 g/mol. The number of carbonyl (C=O) groups is 1. The fourth-order valence-electron chi connectivity index (χ4n) is 3.53. The summed E-state index contributed by atoms with van der Waals surface area (Å²) in [6.07, 6.45) is 0. The maximum Gasteiger partial charge on any atom is 0.320 e. The summed E-state index contributed by atoms with van der Waals surface area (Å²) < 4.78 is 16.9. The predicted molar refractivity (Wildman–Crippen MR) is 123 cm³/mol. The molecule has 170 valence electrons. The lowest BCUT2D eigenvalue weighted by Gasteiger charge is -2.29. The molecule has 3 aromatic rings. The van der Waals surface area contributed by atoms with Gasteiger partial charge in [0.2, 0.25) is 5.88 Å². The normalized spacial score (nSPS) is 14.5. The maximum absolute atomic E-state index is 13.6. The summed E-state index contributed by atoms with van der Waals surface area (Å²) in [5.41, 5.74) is 3.41. The Hall–Kier alpha value is -2.82. The van der Waals surface area contributed by atoms with Gasteiger partial charge in [-0.05, 0) is 31.0 Å². The summed E-state index contributed by atoms with van der Waals surface area (Å²) in [5.74, 6) is -0.00483. The summed E-state index contributed by atoms with van der Waals surface area (Å²) in [4.78, 5) is 30.8. The molecule has 10 heteroatoms. The van der Waals surface area contributed by atoms with Crippen LogP contribution in [0.2, 0.25) is 0 Å². The molecule has 0 spiro atoms. The van der Waals surface area contributed by atoms with Gasteiger partial charge >= 0.3 is 6.01 Å². The number of anilines is 1. The molecular formula is C22H27N5O4S. The van der Waals surface area contributed by atoms with Gasteiger partial charge in [0.25, 0.3) is 5.91 Å². The van der Waals surface area contributed by atoms with E-state index >= 15 is 0 Å². The molecule has 3 heterocycles. The summed E-state index contributed by atoms with van der Waals surface area (Å²) in [5, 5.41) is 0.642. The second-order valence-electron chi connectivity index (χ2n) is 7.54. The van der Waals surface area contributed by atoms with Crippen LogP contribution >= 0.6 is 11.3 Å². The first-order valence-corrected chi connectivity index (χ1v) is 11.3. The standard InChI is InChI=1S/C22H27N5O4S/c1-14-5-6-17-19(15(14)2)25-22(32-17)27(8-7-26-9-11-31-12-10-26)20(28)16-13-18(29-3)24-21(23-16)30-4/h5-6,13H,7-12H2,1-4H3. The van der Waals surface area contributed by atoms with Crippen molar-refractivity contribution in [3.8, 4) is 11.9 Å². The highest BCUT2D eigenvalue weighted by molar-refractivity contribution is 7.22. The van der Waals surface area contributed by atoms with Crippen molar-refractivity contribution < 1.29 is 19.0 Å². The summed E-state index contributed by atoms with van der Waals surface area (Å²) in [7, 11) is 2.95. The number of hydrogen-bond acceptors (Lipinski definition) is 9. The minimum Gasteiger partial charge on any atom is -0.481 e. The molecule has 0 aliphatic carbocycles. The first kappa shape index (κ1) is 22.4. The number of amides is 1. The molecule has 1 aromatic carbocycles. The minimum atomic E-state index is -0.273. The lowest BCUT2D eigenvalue weighted by Crippen LogP contribution is -2.43. The molecule has 0 N–H and O–H groups in total. The van der Waals surface area contributed by atoms with Crippen molar-refractivity contribution in [1.82, 2.24) is 19.9 Å². The Labute approximate surface area is 190 Å². The number of thiazole rings is 1. The van der Waals surface area contributed by atoms with Crippen LogP contribution in [-0.4, -0.2) is 79.4 Å². The Kier molecular flexibility index (Phi) is 6.83. The van der Waals surface area contributed by atoms with E-state index in [1.54, 1.807) is 4.90 Å². The molecule has 0 radical (unpaired) electrons. The molecule has 9 nitrogen and oxygen atoms in total. The number of hydrogen-bond donors (Lipinski definition) is 0. The van der Waals surface area contributed by atoms with Crippen molar-refractivity contribution >= 4 is 32.6 Å². The smallest absolute Gasteiger partial charge is 0.320 e. The highest BCUT2D eigenvalue weighted by Gasteiger charge is 2.25. The fourth-order valence-corrected chi connectivity index (χ4v) is 4.58. The Balaban J connectivity index is 1.70. The monoisotopic (exact) mass is 457 g/mol. The number of methoxy groups -OCH3 is 2. The molecule has 1 aliphatic rings. The number of aromatic nitrogens is 3. The largest absolute Gasteiger partial charge is 0.481 e. The number of benzene rings is 1. The minimum absolute atomic E-state index is 0.0802. The lowest BCUT2D eigenvalue weighted by molar-refractivity contribution is 0.0391. The Bertz CT molecular complexity index is 1090. The number of ether oxygens (including phenoxy) is 3. The van der Waals surface area contributed by atoms with Crippen molar-refractivity contribution in [3.05, 3.63) is 35.0 Å². The third kappa shape index (κ3) is 4.67. The molecule has 0 atom stereocenters. The third-order valence-corrected chi connectivity index (χ3v) is 6.63. The van der Waals surface area contributed by atoms with Crippen LogP contribution in [0.5, 0.6) is 11.9 Å². The van der Waals surface area contributed by atoms with E-state index in [0.29, 0.717) is 31.4 Å². The molecule has 0 unspecified atom stereocenters. The average molecular weight is 458 g/mol. The van der Waals surface area contributed by atoms with Crippen LogP contribution in [0.1, 0.15) is 21.6 Å². The van der Waals surface area contributed by atoms with Crippen LogP contribution in [0.25, 0.3) is 10.2 Å². The molecule has 0 bridgehead atoms. The van der Waals surface area contributed by atoms with Crippen LogP contribution in [0.15, 0.2) is 18.2 Å². The maximum atomic E-state index is 13.6. The summed E-state index contributed by atoms with van der Waals surface area (Å²) in [6, 6.07) is 5.74. The summed E-state index contributed by atoms with van der Waals surface area (Å²) in [6.45, 7) is 8.40. The van der Waals surface area contributed by atoms with E-state index in [2.05, 4.69) is 40.8 Å². The highest BCUT2D eigenvalue weighted by Crippen LogP contribution is 2.32. The third-order valence-electron chi connectivity index (χ3n) is 5.59. The zero-order chi connectivity index (χ0) is 22.7. The average Bonchev–Trinajstić information content (AvgIpc) is 3.26. The van der Waals surface area contributed by atoms with Gasteiger partial charge in [-0.25, -0.2) is 4.98 Å². The van der Waals surface area contributed by atoms with Gasteiger partial charge in [-0.15, -0.1) is 0 Å². The second-order valence-corrected chi connectivity index (χ2v) is 8.55. The van der Waals surface area contributed by atoms with Crippen LogP contribution in [0.4, 0.5) is 5.13 Å². The molecule has 1 amide bonds. The molecule has 1 saturated heterocycles. The van der Waals surface area contributed by atoms with Gasteiger partial charge in [0.1, 0.15) is 5.69 Å². The molecule has 0 saturated carbocycles. The second kappa shape index (κ2) is 9.76. The van der Waals surface area contributed by atoms with Gasteiger partial charge in [0, 0.05) is 32.2 Å². The van der Waals surface area contributed by atoms with Gasteiger partial charge in [-0.3, -0.25) is 14.6 Å². The first-order valence-electron chi connectivity index (χ1n) is 10.5. The Morgan fingerprint density at radius 1 is 1.16 bits per heavy atom. The van der Waals surface area contributed by atoms with Crippen molar-refractivity contribution in [2.45, 2.75) is 13.8 Å². The SMILES string of the molecule is COc1cc(C(=O)N(CCN2CCOCC2)c2nc3c(C)c(C)ccc3s2)nc(OC)n1. The van der Waals surface area contributed by atoms with Crippen molar-refractivity contribution in [2.24, 2.45) is 0 Å². The number of carbonyl (C=O) groups excluding carboxylic acids is 1. The Morgan fingerprint density at radius 3 is 2.66 bits per heavy atom. The van der Waals surface area contributed by atoms with Crippen LogP contribution in [0.3, 0.4) is 0 Å². The number of nitrogens with zero attached hydrogens (tertiary/aromatic N) is 5. The topological polar surface area (TPSA) is 89.9 Å². The van der Waals surface area contributed by atoms with Crippen LogP contribution < -0.4 is 14.4 Å². The van der Waals surface area contributed by atoms with Gasteiger partial charge in [0.05, 0.1) is 37.6 Å². The van der Waals surface area contributed by atoms with Gasteiger partial charge in [0.15, 0.2) is 5.13 Å². The predicted octanol–water partition coefficient (Wildman–Crippen LogP) is 2.70. The molecule has 1 fully saturated rings. The fraction of sp³-hybridized carbons (Fsp3) is 0.455. The van der Waals surface area contributed by atoms with E-state index in [9.17, 15) is 4.79 Å². The highest BCUT2D eigenvalue weighted by atomic mass is 32.1. The van der Waals surface area contributed by atoms with Gasteiger partial charge in [-0.2, -0.15) is 9.97 Å². The molecule has 2 aromatic heterocycles. The quantitative estimate of drug-likeness (QED) is 0.535. The molecule has 1 aliphatic heterocycles.